The van der Waals surface area contributed by atoms with Crippen LogP contribution in [0.1, 0.15) is 116 Å². The van der Waals surface area contributed by atoms with Crippen molar-refractivity contribution < 1.29 is 13.5 Å². The van der Waals surface area contributed by atoms with Gasteiger partial charge in [0.15, 0.2) is 0 Å². The van der Waals surface area contributed by atoms with E-state index >= 15 is 0 Å². The molecule has 4 fully saturated rings. The molecule has 1 nitrogen and oxygen atoms in total. The zero-order valence-electron chi connectivity index (χ0n) is 21.6. The molecule has 0 spiro atoms. The molecule has 1 heterocycles. The summed E-state index contributed by atoms with van der Waals surface area (Å²) in [6.45, 7) is 4.76. The maximum Gasteiger partial charge on any atom is 0.266 e. The quantitative estimate of drug-likeness (QED) is 0.301. The Hall–Kier alpha value is -0.700. The molecule has 2 unspecified atom stereocenters. The van der Waals surface area contributed by atoms with Crippen LogP contribution in [0.5, 0.6) is 0 Å². The molecule has 4 rings (SSSR count). The Morgan fingerprint density at radius 1 is 0.618 bits per heavy atom. The molecule has 1 saturated heterocycles. The van der Waals surface area contributed by atoms with Crippen molar-refractivity contribution in [2.45, 2.75) is 122 Å². The smallest absolute Gasteiger partial charge is 0.266 e. The van der Waals surface area contributed by atoms with Gasteiger partial charge < -0.3 is 4.74 Å². The molecule has 0 bridgehead atoms. The molecule has 0 aromatic heterocycles. The van der Waals surface area contributed by atoms with Crippen LogP contribution in [-0.2, 0) is 4.74 Å². The Balaban J connectivity index is 1.10. The van der Waals surface area contributed by atoms with Gasteiger partial charge in [0.2, 0.25) is 0 Å². The van der Waals surface area contributed by atoms with Crippen LogP contribution in [0.2, 0.25) is 0 Å². The van der Waals surface area contributed by atoms with Gasteiger partial charge >= 0.3 is 0 Å². The number of ether oxygens (including phenoxy) is 1. The van der Waals surface area contributed by atoms with E-state index in [-0.39, 0.29) is 6.10 Å². The van der Waals surface area contributed by atoms with Crippen LogP contribution in [-0.4, -0.2) is 12.7 Å². The fourth-order valence-electron chi connectivity index (χ4n) is 8.28. The van der Waals surface area contributed by atoms with Gasteiger partial charge in [-0.1, -0.05) is 18.9 Å². The predicted octanol–water partition coefficient (Wildman–Crippen LogP) is 9.73. The number of allylic oxidation sites excluding steroid dienone is 2. The number of hydrogen-bond donors (Lipinski definition) is 0. The van der Waals surface area contributed by atoms with Crippen LogP contribution < -0.4 is 0 Å². The van der Waals surface area contributed by atoms with Crippen molar-refractivity contribution in [2.75, 3.05) is 6.61 Å². The van der Waals surface area contributed by atoms with Crippen LogP contribution in [0, 0.1) is 41.4 Å². The topological polar surface area (TPSA) is 9.23 Å². The van der Waals surface area contributed by atoms with Crippen LogP contribution in [0.25, 0.3) is 0 Å². The van der Waals surface area contributed by atoms with E-state index in [1.165, 1.54) is 96.3 Å². The Labute approximate surface area is 208 Å². The van der Waals surface area contributed by atoms with E-state index < -0.39 is 6.08 Å². The van der Waals surface area contributed by atoms with E-state index in [0.29, 0.717) is 12.3 Å². The molecule has 0 aromatic carbocycles. The van der Waals surface area contributed by atoms with Crippen molar-refractivity contribution in [3.8, 4) is 0 Å². The summed E-state index contributed by atoms with van der Waals surface area (Å²) in [5.74, 6) is 6.56. The van der Waals surface area contributed by atoms with Gasteiger partial charge in [-0.3, -0.25) is 0 Å². The molecule has 3 saturated carbocycles. The number of hydrogen-bond acceptors (Lipinski definition) is 1. The molecule has 4 aliphatic rings. The van der Waals surface area contributed by atoms with Crippen molar-refractivity contribution in [3.63, 3.8) is 0 Å². The molecular formula is C31H50F2O. The second kappa shape index (κ2) is 13.6. The highest BCUT2D eigenvalue weighted by molar-refractivity contribution is 4.88. The minimum atomic E-state index is -1.55. The second-order valence-corrected chi connectivity index (χ2v) is 12.4. The van der Waals surface area contributed by atoms with Crippen molar-refractivity contribution in [1.82, 2.24) is 0 Å². The van der Waals surface area contributed by atoms with Crippen LogP contribution in [0.15, 0.2) is 24.8 Å². The van der Waals surface area contributed by atoms with Crippen molar-refractivity contribution in [3.05, 3.63) is 24.8 Å². The second-order valence-electron chi connectivity index (χ2n) is 12.4. The van der Waals surface area contributed by atoms with Crippen molar-refractivity contribution in [2.24, 2.45) is 41.4 Å². The lowest BCUT2D eigenvalue weighted by atomic mass is 9.64. The molecule has 0 N–H and O–H groups in total. The highest BCUT2D eigenvalue weighted by atomic mass is 19.3. The van der Waals surface area contributed by atoms with E-state index in [2.05, 4.69) is 12.7 Å². The van der Waals surface area contributed by atoms with Crippen molar-refractivity contribution in [1.29, 1.82) is 0 Å². The normalized spacial score (nSPS) is 39.4. The minimum absolute atomic E-state index is 0.195. The van der Waals surface area contributed by atoms with Gasteiger partial charge in [0.1, 0.15) is 0 Å². The maximum atomic E-state index is 12.2. The van der Waals surface area contributed by atoms with Crippen molar-refractivity contribution >= 4 is 0 Å². The first-order valence-electron chi connectivity index (χ1n) is 14.9. The largest absolute Gasteiger partial charge is 0.378 e. The lowest BCUT2D eigenvalue weighted by Gasteiger charge is -2.43. The first-order valence-corrected chi connectivity index (χ1v) is 14.9. The van der Waals surface area contributed by atoms with E-state index in [1.54, 1.807) is 0 Å². The molecule has 194 valence electrons. The summed E-state index contributed by atoms with van der Waals surface area (Å²) in [5, 5.41) is 0. The van der Waals surface area contributed by atoms with Crippen LogP contribution in [0.3, 0.4) is 0 Å². The molecule has 3 heteroatoms. The Kier molecular flexibility index (Phi) is 10.5. The Morgan fingerprint density at radius 2 is 1.09 bits per heavy atom. The molecule has 0 amide bonds. The van der Waals surface area contributed by atoms with Crippen LogP contribution in [0.4, 0.5) is 8.78 Å². The first-order chi connectivity index (χ1) is 16.6. The van der Waals surface area contributed by atoms with Gasteiger partial charge in [-0.15, -0.1) is 6.58 Å². The molecule has 3 aliphatic carbocycles. The third kappa shape index (κ3) is 7.65. The monoisotopic (exact) mass is 476 g/mol. The summed E-state index contributed by atoms with van der Waals surface area (Å²) in [5.41, 5.74) is 0. The van der Waals surface area contributed by atoms with E-state index in [9.17, 15) is 8.78 Å². The summed E-state index contributed by atoms with van der Waals surface area (Å²) in [4.78, 5) is 0. The number of halogens is 2. The fraction of sp³-hybridized carbons (Fsp3) is 0.871. The molecule has 0 aromatic rings. The van der Waals surface area contributed by atoms with Gasteiger partial charge in [0, 0.05) is 0 Å². The first kappa shape index (κ1) is 26.4. The lowest BCUT2D eigenvalue weighted by molar-refractivity contribution is -0.0433. The Bertz CT molecular complexity index is 609. The zero-order valence-corrected chi connectivity index (χ0v) is 21.6. The van der Waals surface area contributed by atoms with E-state index in [4.69, 9.17) is 4.74 Å². The van der Waals surface area contributed by atoms with Gasteiger partial charge in [-0.25, -0.2) is 0 Å². The van der Waals surface area contributed by atoms with Gasteiger partial charge in [-0.2, -0.15) is 8.78 Å². The third-order valence-corrected chi connectivity index (χ3v) is 10.5. The summed E-state index contributed by atoms with van der Waals surface area (Å²) in [7, 11) is 0. The molecule has 1 aliphatic heterocycles. The average Bonchev–Trinajstić information content (AvgIpc) is 2.88. The molecule has 2 atom stereocenters. The highest BCUT2D eigenvalue weighted by Gasteiger charge is 2.36. The standard InChI is InChI=1S/C31H50F2O/c1-2-3-5-23-8-10-24(11-9-23)25-12-14-26(15-13-25)27-16-18-28(19-17-27)29-20-21-30(34-22-29)6-4-7-31(32)33/h2,7,23-30H,1,3-6,8-22H2. The Morgan fingerprint density at radius 3 is 1.53 bits per heavy atom. The minimum Gasteiger partial charge on any atom is -0.378 e. The summed E-state index contributed by atoms with van der Waals surface area (Å²) in [6.07, 6.45) is 25.5. The van der Waals surface area contributed by atoms with Crippen LogP contribution >= 0.6 is 0 Å². The van der Waals surface area contributed by atoms with E-state index in [0.717, 1.165) is 61.0 Å². The van der Waals surface area contributed by atoms with Gasteiger partial charge in [0.05, 0.1) is 12.7 Å². The zero-order chi connectivity index (χ0) is 23.8. The highest BCUT2D eigenvalue weighted by Crippen LogP contribution is 2.47. The lowest BCUT2D eigenvalue weighted by Crippen LogP contribution is -2.34. The predicted molar refractivity (Wildman–Crippen MR) is 138 cm³/mol. The fourth-order valence-corrected chi connectivity index (χ4v) is 8.28. The average molecular weight is 477 g/mol. The molecule has 34 heavy (non-hydrogen) atoms. The third-order valence-electron chi connectivity index (χ3n) is 10.5. The summed E-state index contributed by atoms with van der Waals surface area (Å²) >= 11 is 0. The van der Waals surface area contributed by atoms with E-state index in [1.807, 2.05) is 0 Å². The molecule has 0 radical (unpaired) electrons. The summed E-state index contributed by atoms with van der Waals surface area (Å²) in [6, 6.07) is 0. The summed E-state index contributed by atoms with van der Waals surface area (Å²) < 4.78 is 30.5. The number of rotatable bonds is 9. The maximum absolute atomic E-state index is 12.2. The molecular weight excluding hydrogens is 426 g/mol. The SMILES string of the molecule is C=CCCC1CCC(C2CCC(C3CCC(C4CCC(CCC=C(F)F)OC4)CC3)CC2)CC1. The van der Waals surface area contributed by atoms with Gasteiger partial charge in [0.25, 0.3) is 6.08 Å². The van der Waals surface area contributed by atoms with Gasteiger partial charge in [-0.05, 0) is 150 Å².